The number of aliphatic hydroxyl groups is 1. The number of likely N-dealkylation sites (tertiary alicyclic amines) is 1. The van der Waals surface area contributed by atoms with Gasteiger partial charge in [0.05, 0.1) is 6.04 Å². The van der Waals surface area contributed by atoms with Crippen LogP contribution in [0.25, 0.3) is 0 Å². The quantitative estimate of drug-likeness (QED) is 0.904. The van der Waals surface area contributed by atoms with Crippen molar-refractivity contribution in [3.8, 4) is 11.5 Å². The second-order valence-corrected chi connectivity index (χ2v) is 7.07. The normalized spacial score (nSPS) is 26.0. The van der Waals surface area contributed by atoms with Gasteiger partial charge in [-0.05, 0) is 44.9 Å². The molecule has 138 valence electrons. The minimum Gasteiger partial charge on any atom is -0.485 e. The molecule has 1 saturated heterocycles. The van der Waals surface area contributed by atoms with Crippen LogP contribution in [0.15, 0.2) is 18.2 Å². The summed E-state index contributed by atoms with van der Waals surface area (Å²) in [5, 5.41) is 10.9. The summed E-state index contributed by atoms with van der Waals surface area (Å²) >= 11 is 0. The second kappa shape index (κ2) is 6.78. The topological polar surface area (TPSA) is 59.0 Å². The molecule has 1 fully saturated rings. The van der Waals surface area contributed by atoms with E-state index in [1.54, 1.807) is 24.8 Å². The highest BCUT2D eigenvalue weighted by Gasteiger charge is 2.46. The molecule has 0 aliphatic carbocycles. The van der Waals surface area contributed by atoms with Crippen LogP contribution < -0.4 is 9.47 Å². The number of ether oxygens (including phenoxy) is 2. The van der Waals surface area contributed by atoms with E-state index in [0.29, 0.717) is 24.3 Å². The van der Waals surface area contributed by atoms with Crippen molar-refractivity contribution in [1.29, 1.82) is 0 Å². The number of alkyl halides is 2. The summed E-state index contributed by atoms with van der Waals surface area (Å²) < 4.78 is 35.4. The molecule has 0 saturated carbocycles. The first-order valence-electron chi connectivity index (χ1n) is 8.55. The number of halogens is 2. The molecule has 1 aromatic carbocycles. The molecular weight excluding hydrogens is 332 g/mol. The van der Waals surface area contributed by atoms with Gasteiger partial charge in [0.2, 0.25) is 5.91 Å². The molecular formula is C18H23F2NO4. The lowest BCUT2D eigenvalue weighted by Crippen LogP contribution is -2.54. The smallest absolute Gasteiger partial charge is 0.387 e. The fourth-order valence-electron chi connectivity index (χ4n) is 3.56. The van der Waals surface area contributed by atoms with E-state index in [1.807, 2.05) is 0 Å². The lowest BCUT2D eigenvalue weighted by Gasteiger charge is -2.46. The fourth-order valence-corrected chi connectivity index (χ4v) is 3.56. The number of hydrogen-bond acceptors (Lipinski definition) is 4. The zero-order valence-corrected chi connectivity index (χ0v) is 14.4. The largest absolute Gasteiger partial charge is 0.485 e. The maximum Gasteiger partial charge on any atom is 0.387 e. The van der Waals surface area contributed by atoms with E-state index in [9.17, 15) is 18.7 Å². The Morgan fingerprint density at radius 2 is 2.08 bits per heavy atom. The molecule has 0 spiro atoms. The molecule has 7 heteroatoms. The van der Waals surface area contributed by atoms with Crippen LogP contribution in [0.4, 0.5) is 8.78 Å². The van der Waals surface area contributed by atoms with Crippen molar-refractivity contribution in [3.63, 3.8) is 0 Å². The summed E-state index contributed by atoms with van der Waals surface area (Å²) in [5.74, 6) is 0.417. The van der Waals surface area contributed by atoms with E-state index < -0.39 is 24.4 Å². The Bertz CT molecular complexity index is 650. The maximum absolute atomic E-state index is 12.6. The van der Waals surface area contributed by atoms with E-state index in [0.717, 1.165) is 19.3 Å². The number of carbonyl (C=O) groups excluding carboxylic acids is 1. The van der Waals surface area contributed by atoms with Crippen LogP contribution in [0.3, 0.4) is 0 Å². The second-order valence-electron chi connectivity index (χ2n) is 7.07. The van der Waals surface area contributed by atoms with E-state index in [2.05, 4.69) is 4.74 Å². The molecule has 0 aromatic heterocycles. The van der Waals surface area contributed by atoms with E-state index in [1.165, 1.54) is 12.1 Å². The van der Waals surface area contributed by atoms with Crippen LogP contribution in [-0.2, 0) is 4.79 Å². The van der Waals surface area contributed by atoms with Crippen LogP contribution in [-0.4, -0.2) is 40.8 Å². The predicted octanol–water partition coefficient (Wildman–Crippen LogP) is 3.26. The summed E-state index contributed by atoms with van der Waals surface area (Å²) in [6, 6.07) is 3.74. The van der Waals surface area contributed by atoms with Crippen molar-refractivity contribution in [3.05, 3.63) is 23.8 Å². The lowest BCUT2D eigenvalue weighted by atomic mass is 9.85. The Morgan fingerprint density at radius 3 is 2.80 bits per heavy atom. The van der Waals surface area contributed by atoms with Gasteiger partial charge in [0.25, 0.3) is 0 Å². The standard InChI is InChI=1S/C18H23F2NO4/c1-18(2)16(23)15(21-9-5-3-4-6-14(21)22)12-10-11(24-17(19)20)7-8-13(12)25-18/h7-8,10,15-17,23H,3-6,9H2,1-2H3. The van der Waals surface area contributed by atoms with Crippen molar-refractivity contribution in [2.45, 2.75) is 63.9 Å². The van der Waals surface area contributed by atoms with Crippen molar-refractivity contribution < 1.29 is 28.2 Å². The first kappa shape index (κ1) is 17.9. The minimum atomic E-state index is -2.94. The highest BCUT2D eigenvalue weighted by atomic mass is 19.3. The Hall–Kier alpha value is -1.89. The third-order valence-corrected chi connectivity index (χ3v) is 4.86. The number of aliphatic hydroxyl groups excluding tert-OH is 1. The SMILES string of the molecule is CC1(C)Oc2ccc(OC(F)F)cc2C(N2CCCCCC2=O)C1O. The van der Waals surface area contributed by atoms with Crippen LogP contribution in [0.1, 0.15) is 51.1 Å². The summed E-state index contributed by atoms with van der Waals surface area (Å²) in [7, 11) is 0. The average Bonchev–Trinajstić information content (AvgIpc) is 2.73. The zero-order valence-electron chi connectivity index (χ0n) is 14.4. The molecule has 25 heavy (non-hydrogen) atoms. The number of rotatable bonds is 3. The summed E-state index contributed by atoms with van der Waals surface area (Å²) in [4.78, 5) is 14.2. The number of nitrogens with zero attached hydrogens (tertiary/aromatic N) is 1. The molecule has 2 atom stereocenters. The molecule has 1 N–H and O–H groups in total. The van der Waals surface area contributed by atoms with Gasteiger partial charge in [-0.2, -0.15) is 8.78 Å². The number of fused-ring (bicyclic) bond motifs is 1. The number of benzene rings is 1. The first-order chi connectivity index (χ1) is 11.8. The van der Waals surface area contributed by atoms with Gasteiger partial charge in [0.15, 0.2) is 0 Å². The Labute approximate surface area is 145 Å². The average molecular weight is 355 g/mol. The van der Waals surface area contributed by atoms with Crippen molar-refractivity contribution >= 4 is 5.91 Å². The number of hydrogen-bond donors (Lipinski definition) is 1. The van der Waals surface area contributed by atoms with Crippen molar-refractivity contribution in [1.82, 2.24) is 4.90 Å². The maximum atomic E-state index is 12.6. The Balaban J connectivity index is 2.04. The molecule has 2 heterocycles. The Kier molecular flexibility index (Phi) is 4.86. The predicted molar refractivity (Wildman–Crippen MR) is 86.7 cm³/mol. The van der Waals surface area contributed by atoms with Crippen LogP contribution >= 0.6 is 0 Å². The number of amides is 1. The zero-order chi connectivity index (χ0) is 18.2. The molecule has 0 radical (unpaired) electrons. The summed E-state index contributed by atoms with van der Waals surface area (Å²) in [5.41, 5.74) is -0.407. The van der Waals surface area contributed by atoms with E-state index >= 15 is 0 Å². The van der Waals surface area contributed by atoms with Crippen LogP contribution in [0, 0.1) is 0 Å². The van der Waals surface area contributed by atoms with Gasteiger partial charge >= 0.3 is 6.61 Å². The van der Waals surface area contributed by atoms with Crippen molar-refractivity contribution in [2.75, 3.05) is 6.54 Å². The fraction of sp³-hybridized carbons (Fsp3) is 0.611. The van der Waals surface area contributed by atoms with Gasteiger partial charge in [-0.1, -0.05) is 6.42 Å². The van der Waals surface area contributed by atoms with Crippen LogP contribution in [0.2, 0.25) is 0 Å². The lowest BCUT2D eigenvalue weighted by molar-refractivity contribution is -0.144. The summed E-state index contributed by atoms with van der Waals surface area (Å²) in [6.45, 7) is 1.08. The molecule has 5 nitrogen and oxygen atoms in total. The third kappa shape index (κ3) is 3.56. The molecule has 3 rings (SSSR count). The first-order valence-corrected chi connectivity index (χ1v) is 8.55. The van der Waals surface area contributed by atoms with Gasteiger partial charge in [-0.25, -0.2) is 0 Å². The molecule has 0 bridgehead atoms. The molecule has 2 unspecified atom stereocenters. The van der Waals surface area contributed by atoms with Gasteiger partial charge < -0.3 is 19.5 Å². The highest BCUT2D eigenvalue weighted by molar-refractivity contribution is 5.77. The molecule has 2 aliphatic rings. The molecule has 2 aliphatic heterocycles. The van der Waals surface area contributed by atoms with Gasteiger partial charge in [-0.15, -0.1) is 0 Å². The minimum absolute atomic E-state index is 0.0171. The van der Waals surface area contributed by atoms with E-state index in [-0.39, 0.29) is 11.7 Å². The van der Waals surface area contributed by atoms with Gasteiger partial charge in [0.1, 0.15) is 23.2 Å². The van der Waals surface area contributed by atoms with Gasteiger partial charge in [0, 0.05) is 18.5 Å². The molecule has 1 amide bonds. The third-order valence-electron chi connectivity index (χ3n) is 4.86. The highest BCUT2D eigenvalue weighted by Crippen LogP contribution is 2.45. The Morgan fingerprint density at radius 1 is 1.32 bits per heavy atom. The van der Waals surface area contributed by atoms with E-state index in [4.69, 9.17) is 4.74 Å². The molecule has 1 aromatic rings. The van der Waals surface area contributed by atoms with Crippen molar-refractivity contribution in [2.24, 2.45) is 0 Å². The summed E-state index contributed by atoms with van der Waals surface area (Å²) in [6.07, 6.45) is 2.06. The van der Waals surface area contributed by atoms with Crippen LogP contribution in [0.5, 0.6) is 11.5 Å². The number of carbonyl (C=O) groups is 1. The van der Waals surface area contributed by atoms with Gasteiger partial charge in [-0.3, -0.25) is 4.79 Å². The monoisotopic (exact) mass is 355 g/mol.